The Hall–Kier alpha value is -1.96. The largest absolute Gasteiger partial charge is 0.385 e. The van der Waals surface area contributed by atoms with Crippen LogP contribution in [0.5, 0.6) is 0 Å². The maximum absolute atomic E-state index is 12.5. The van der Waals surface area contributed by atoms with Crippen molar-refractivity contribution in [1.82, 2.24) is 9.29 Å². The SMILES string of the molecule is O=S(=O)(c1ccc(NCCc2ccccn2)cc1)N1CCOCC1. The van der Waals surface area contributed by atoms with Crippen LogP contribution < -0.4 is 5.32 Å². The van der Waals surface area contributed by atoms with E-state index in [1.165, 1.54) is 4.31 Å². The number of ether oxygens (including phenoxy) is 1. The van der Waals surface area contributed by atoms with E-state index in [2.05, 4.69) is 10.3 Å². The van der Waals surface area contributed by atoms with Gasteiger partial charge in [-0.25, -0.2) is 8.42 Å². The van der Waals surface area contributed by atoms with Crippen molar-refractivity contribution in [1.29, 1.82) is 0 Å². The second kappa shape index (κ2) is 7.74. The number of morpholine rings is 1. The summed E-state index contributed by atoms with van der Waals surface area (Å²) in [5.74, 6) is 0. The Bertz CT molecular complexity index is 742. The summed E-state index contributed by atoms with van der Waals surface area (Å²) in [6.45, 7) is 2.46. The van der Waals surface area contributed by atoms with Crippen LogP contribution in [0.3, 0.4) is 0 Å². The first-order valence-corrected chi connectivity index (χ1v) is 9.42. The van der Waals surface area contributed by atoms with Crippen LogP contribution in [0.25, 0.3) is 0 Å². The molecule has 1 aliphatic rings. The zero-order valence-electron chi connectivity index (χ0n) is 13.4. The zero-order chi connectivity index (χ0) is 16.8. The molecule has 6 nitrogen and oxygen atoms in total. The van der Waals surface area contributed by atoms with E-state index in [1.807, 2.05) is 18.2 Å². The first-order chi connectivity index (χ1) is 11.7. The number of rotatable bonds is 6. The molecule has 1 saturated heterocycles. The third-order valence-electron chi connectivity index (χ3n) is 3.90. The average molecular weight is 347 g/mol. The van der Waals surface area contributed by atoms with Gasteiger partial charge >= 0.3 is 0 Å². The van der Waals surface area contributed by atoms with Crippen LogP contribution in [-0.2, 0) is 21.2 Å². The molecule has 1 aromatic carbocycles. The molecule has 0 unspecified atom stereocenters. The van der Waals surface area contributed by atoms with Gasteiger partial charge in [0.05, 0.1) is 18.1 Å². The minimum atomic E-state index is -3.43. The monoisotopic (exact) mass is 347 g/mol. The van der Waals surface area contributed by atoms with Gasteiger partial charge in [-0.2, -0.15) is 4.31 Å². The van der Waals surface area contributed by atoms with Crippen molar-refractivity contribution in [2.75, 3.05) is 38.2 Å². The number of benzene rings is 1. The van der Waals surface area contributed by atoms with Crippen LogP contribution in [0, 0.1) is 0 Å². The lowest BCUT2D eigenvalue weighted by atomic mass is 10.2. The molecule has 7 heteroatoms. The molecule has 0 spiro atoms. The van der Waals surface area contributed by atoms with Gasteiger partial charge in [0.1, 0.15) is 0 Å². The molecule has 0 radical (unpaired) electrons. The van der Waals surface area contributed by atoms with Crippen LogP contribution in [0.2, 0.25) is 0 Å². The summed E-state index contributed by atoms with van der Waals surface area (Å²) in [4.78, 5) is 4.59. The number of aromatic nitrogens is 1. The average Bonchev–Trinajstić information content (AvgIpc) is 2.64. The molecule has 0 saturated carbocycles. The van der Waals surface area contributed by atoms with Crippen molar-refractivity contribution in [3.05, 3.63) is 54.4 Å². The van der Waals surface area contributed by atoms with Gasteiger partial charge < -0.3 is 10.1 Å². The number of nitrogens with one attached hydrogen (secondary N) is 1. The minimum absolute atomic E-state index is 0.319. The fourth-order valence-electron chi connectivity index (χ4n) is 2.56. The number of pyridine rings is 1. The van der Waals surface area contributed by atoms with Crippen molar-refractivity contribution in [3.8, 4) is 0 Å². The van der Waals surface area contributed by atoms with E-state index in [9.17, 15) is 8.42 Å². The first kappa shape index (κ1) is 16.9. The molecule has 128 valence electrons. The minimum Gasteiger partial charge on any atom is -0.385 e. The van der Waals surface area contributed by atoms with Gasteiger partial charge in [-0.3, -0.25) is 4.98 Å². The van der Waals surface area contributed by atoms with E-state index in [0.717, 1.165) is 24.3 Å². The predicted molar refractivity (Wildman–Crippen MR) is 92.5 cm³/mol. The maximum Gasteiger partial charge on any atom is 0.243 e. The molecule has 1 N–H and O–H groups in total. The molecule has 1 fully saturated rings. The summed E-state index contributed by atoms with van der Waals surface area (Å²) < 4.78 is 31.8. The van der Waals surface area contributed by atoms with E-state index in [1.54, 1.807) is 30.5 Å². The molecule has 1 aliphatic heterocycles. The molecule has 1 aromatic heterocycles. The molecule has 0 atom stereocenters. The topological polar surface area (TPSA) is 71.5 Å². The fraction of sp³-hybridized carbons (Fsp3) is 0.353. The van der Waals surface area contributed by atoms with Crippen molar-refractivity contribution in [2.24, 2.45) is 0 Å². The lowest BCUT2D eigenvalue weighted by Crippen LogP contribution is -2.40. The molecule has 24 heavy (non-hydrogen) atoms. The number of anilines is 1. The summed E-state index contributed by atoms with van der Waals surface area (Å²) in [7, 11) is -3.43. The van der Waals surface area contributed by atoms with E-state index in [-0.39, 0.29) is 0 Å². The summed E-state index contributed by atoms with van der Waals surface area (Å²) >= 11 is 0. The lowest BCUT2D eigenvalue weighted by molar-refractivity contribution is 0.0730. The van der Waals surface area contributed by atoms with Gasteiger partial charge in [0.2, 0.25) is 10.0 Å². The maximum atomic E-state index is 12.5. The molecule has 2 aromatic rings. The normalized spacial score (nSPS) is 16.0. The van der Waals surface area contributed by atoms with Gasteiger partial charge in [-0.05, 0) is 36.4 Å². The highest BCUT2D eigenvalue weighted by Gasteiger charge is 2.25. The van der Waals surface area contributed by atoms with Gasteiger partial charge in [-0.1, -0.05) is 6.07 Å². The molecule has 3 rings (SSSR count). The standard InChI is InChI=1S/C17H21N3O3S/c21-24(22,20-11-13-23-14-12-20)17-6-4-16(5-7-17)19-10-8-15-3-1-2-9-18-15/h1-7,9,19H,8,10-14H2. The Kier molecular flexibility index (Phi) is 5.44. The Balaban J connectivity index is 1.58. The lowest BCUT2D eigenvalue weighted by Gasteiger charge is -2.26. The molecular weight excluding hydrogens is 326 g/mol. The predicted octanol–water partition coefficient (Wildman–Crippen LogP) is 1.76. The molecular formula is C17H21N3O3S. The van der Waals surface area contributed by atoms with Crippen molar-refractivity contribution < 1.29 is 13.2 Å². The van der Waals surface area contributed by atoms with Crippen LogP contribution in [0.4, 0.5) is 5.69 Å². The number of sulfonamides is 1. The van der Waals surface area contributed by atoms with Crippen LogP contribution in [0.1, 0.15) is 5.69 Å². The molecule has 0 bridgehead atoms. The second-order valence-corrected chi connectivity index (χ2v) is 7.48. The van der Waals surface area contributed by atoms with E-state index in [0.29, 0.717) is 31.2 Å². The summed E-state index contributed by atoms with van der Waals surface area (Å²) in [6, 6.07) is 12.7. The van der Waals surface area contributed by atoms with Gasteiger partial charge in [0.25, 0.3) is 0 Å². The summed E-state index contributed by atoms with van der Waals surface area (Å²) in [6.07, 6.45) is 2.59. The highest BCUT2D eigenvalue weighted by Crippen LogP contribution is 2.19. The highest BCUT2D eigenvalue weighted by molar-refractivity contribution is 7.89. The number of hydrogen-bond donors (Lipinski definition) is 1. The Labute approximate surface area is 142 Å². The molecule has 2 heterocycles. The third kappa shape index (κ3) is 4.11. The number of hydrogen-bond acceptors (Lipinski definition) is 5. The molecule has 0 amide bonds. The highest BCUT2D eigenvalue weighted by atomic mass is 32.2. The van der Waals surface area contributed by atoms with Crippen molar-refractivity contribution in [2.45, 2.75) is 11.3 Å². The van der Waals surface area contributed by atoms with Crippen LogP contribution in [0.15, 0.2) is 53.6 Å². The zero-order valence-corrected chi connectivity index (χ0v) is 14.2. The number of nitrogens with zero attached hydrogens (tertiary/aromatic N) is 2. The van der Waals surface area contributed by atoms with Crippen LogP contribution >= 0.6 is 0 Å². The van der Waals surface area contributed by atoms with Crippen LogP contribution in [-0.4, -0.2) is 50.6 Å². The summed E-state index contributed by atoms with van der Waals surface area (Å²) in [5, 5.41) is 3.28. The second-order valence-electron chi connectivity index (χ2n) is 5.54. The third-order valence-corrected chi connectivity index (χ3v) is 5.81. The fourth-order valence-corrected chi connectivity index (χ4v) is 3.97. The first-order valence-electron chi connectivity index (χ1n) is 7.98. The van der Waals surface area contributed by atoms with Crippen molar-refractivity contribution >= 4 is 15.7 Å². The Morgan fingerprint density at radius 3 is 2.50 bits per heavy atom. The van der Waals surface area contributed by atoms with E-state index in [4.69, 9.17) is 4.74 Å². The van der Waals surface area contributed by atoms with E-state index < -0.39 is 10.0 Å². The van der Waals surface area contributed by atoms with E-state index >= 15 is 0 Å². The quantitative estimate of drug-likeness (QED) is 0.862. The Morgan fingerprint density at radius 2 is 1.83 bits per heavy atom. The van der Waals surface area contributed by atoms with Crippen molar-refractivity contribution in [3.63, 3.8) is 0 Å². The molecule has 0 aliphatic carbocycles. The smallest absolute Gasteiger partial charge is 0.243 e. The van der Waals surface area contributed by atoms with Gasteiger partial charge in [0.15, 0.2) is 0 Å². The Morgan fingerprint density at radius 1 is 1.08 bits per heavy atom. The van der Waals surface area contributed by atoms with Gasteiger partial charge in [0, 0.05) is 43.6 Å². The van der Waals surface area contributed by atoms with Gasteiger partial charge in [-0.15, -0.1) is 0 Å². The summed E-state index contributed by atoms with van der Waals surface area (Å²) in [5.41, 5.74) is 1.92.